The third kappa shape index (κ3) is 3.65. The van der Waals surface area contributed by atoms with Gasteiger partial charge in [-0.2, -0.15) is 0 Å². The topological polar surface area (TPSA) is 72.2 Å². The van der Waals surface area contributed by atoms with Gasteiger partial charge < -0.3 is 9.84 Å². The van der Waals surface area contributed by atoms with Crippen LogP contribution >= 0.6 is 0 Å². The molecule has 2 aromatic rings. The van der Waals surface area contributed by atoms with E-state index in [0.29, 0.717) is 22.9 Å². The number of nitrogens with one attached hydrogen (secondary N) is 1. The van der Waals surface area contributed by atoms with E-state index in [-0.39, 0.29) is 17.1 Å². The van der Waals surface area contributed by atoms with Gasteiger partial charge >= 0.3 is 0 Å². The lowest BCUT2D eigenvalue weighted by molar-refractivity contribution is 0.101. The highest BCUT2D eigenvalue weighted by atomic mass is 16.5. The number of anilines is 1. The van der Waals surface area contributed by atoms with Crippen molar-refractivity contribution in [2.45, 2.75) is 47.0 Å². The molecule has 1 heterocycles. The third-order valence-corrected chi connectivity index (χ3v) is 5.03. The largest absolute Gasteiger partial charge is 0.360 e. The molecule has 1 amide bonds. The normalized spacial score (nSPS) is 17.0. The van der Waals surface area contributed by atoms with Gasteiger partial charge in [-0.1, -0.05) is 25.9 Å². The molecule has 25 heavy (non-hydrogen) atoms. The van der Waals surface area contributed by atoms with Gasteiger partial charge in [0.25, 0.3) is 5.91 Å². The SMILES string of the molecule is CC(=O)c1ccc(NC(=O)c2noc3c2C[C@@H](C(C)(C)C)CC3)cc1. The maximum atomic E-state index is 12.6. The van der Waals surface area contributed by atoms with Crippen molar-refractivity contribution in [3.05, 3.63) is 46.8 Å². The maximum absolute atomic E-state index is 12.6. The molecule has 0 bridgehead atoms. The van der Waals surface area contributed by atoms with Gasteiger partial charge in [0, 0.05) is 23.2 Å². The predicted molar refractivity (Wildman–Crippen MR) is 95.9 cm³/mol. The lowest BCUT2D eigenvalue weighted by Gasteiger charge is -2.33. The standard InChI is InChI=1S/C20H24N2O3/c1-12(23)13-5-8-15(9-6-13)21-19(24)18-16-11-14(20(2,3)4)7-10-17(16)25-22-18/h5-6,8-9,14H,7,10-11H2,1-4H3,(H,21,24)/t14-/m0/s1. The maximum Gasteiger partial charge on any atom is 0.278 e. The molecule has 1 atom stereocenters. The molecule has 0 radical (unpaired) electrons. The Morgan fingerprint density at radius 1 is 1.20 bits per heavy atom. The van der Waals surface area contributed by atoms with Crippen LogP contribution in [0.2, 0.25) is 0 Å². The van der Waals surface area contributed by atoms with E-state index in [2.05, 4.69) is 31.2 Å². The molecule has 1 aromatic carbocycles. The first-order valence-electron chi connectivity index (χ1n) is 8.65. The minimum absolute atomic E-state index is 0.00308. The van der Waals surface area contributed by atoms with Crippen LogP contribution in [-0.4, -0.2) is 16.8 Å². The number of aromatic nitrogens is 1. The highest BCUT2D eigenvalue weighted by Gasteiger charge is 2.34. The molecule has 0 saturated heterocycles. The van der Waals surface area contributed by atoms with E-state index in [1.165, 1.54) is 6.92 Å². The Hall–Kier alpha value is -2.43. The van der Waals surface area contributed by atoms with Crippen molar-refractivity contribution < 1.29 is 14.1 Å². The fourth-order valence-corrected chi connectivity index (χ4v) is 3.30. The van der Waals surface area contributed by atoms with Crippen LogP contribution in [0.1, 0.15) is 66.3 Å². The van der Waals surface area contributed by atoms with Crippen molar-refractivity contribution in [2.24, 2.45) is 11.3 Å². The molecule has 0 fully saturated rings. The Labute approximate surface area is 147 Å². The predicted octanol–water partition coefficient (Wildman–Crippen LogP) is 4.28. The fourth-order valence-electron chi connectivity index (χ4n) is 3.30. The van der Waals surface area contributed by atoms with E-state index >= 15 is 0 Å². The average Bonchev–Trinajstić information content (AvgIpc) is 2.97. The monoisotopic (exact) mass is 340 g/mol. The van der Waals surface area contributed by atoms with Crippen LogP contribution in [0.15, 0.2) is 28.8 Å². The molecule has 5 nitrogen and oxygen atoms in total. The first kappa shape index (κ1) is 17.4. The summed E-state index contributed by atoms with van der Waals surface area (Å²) < 4.78 is 5.40. The van der Waals surface area contributed by atoms with Gasteiger partial charge in [0.15, 0.2) is 11.5 Å². The van der Waals surface area contributed by atoms with Gasteiger partial charge in [-0.15, -0.1) is 0 Å². The van der Waals surface area contributed by atoms with Crippen molar-refractivity contribution in [3.8, 4) is 0 Å². The molecule has 132 valence electrons. The van der Waals surface area contributed by atoms with Gasteiger partial charge in [-0.05, 0) is 55.4 Å². The lowest BCUT2D eigenvalue weighted by Crippen LogP contribution is -2.27. The van der Waals surface area contributed by atoms with E-state index < -0.39 is 0 Å². The zero-order valence-corrected chi connectivity index (χ0v) is 15.2. The van der Waals surface area contributed by atoms with Gasteiger partial charge in [0.2, 0.25) is 0 Å². The Bertz CT molecular complexity index is 797. The lowest BCUT2D eigenvalue weighted by atomic mass is 9.71. The minimum atomic E-state index is -0.268. The summed E-state index contributed by atoms with van der Waals surface area (Å²) in [5.41, 5.74) is 2.74. The second-order valence-corrected chi connectivity index (χ2v) is 7.83. The summed E-state index contributed by atoms with van der Waals surface area (Å²) in [6, 6.07) is 6.84. The number of amides is 1. The summed E-state index contributed by atoms with van der Waals surface area (Å²) in [7, 11) is 0. The van der Waals surface area contributed by atoms with Crippen LogP contribution in [0.4, 0.5) is 5.69 Å². The number of Topliss-reactive ketones (excluding diaryl/α,β-unsaturated/α-hetero) is 1. The average molecular weight is 340 g/mol. The van der Waals surface area contributed by atoms with Gasteiger partial charge in [-0.25, -0.2) is 0 Å². The molecular formula is C20H24N2O3. The van der Waals surface area contributed by atoms with Crippen LogP contribution < -0.4 is 5.32 Å². The van der Waals surface area contributed by atoms with Crippen molar-refractivity contribution in [3.63, 3.8) is 0 Å². The van der Waals surface area contributed by atoms with E-state index in [1.807, 2.05) is 0 Å². The van der Waals surface area contributed by atoms with E-state index in [0.717, 1.165) is 30.6 Å². The summed E-state index contributed by atoms with van der Waals surface area (Å²) in [6.07, 6.45) is 2.69. The summed E-state index contributed by atoms with van der Waals surface area (Å²) in [5, 5.41) is 6.86. The molecular weight excluding hydrogens is 316 g/mol. The number of fused-ring (bicyclic) bond motifs is 1. The number of carbonyl (C=O) groups excluding carboxylic acids is 2. The number of ketones is 1. The van der Waals surface area contributed by atoms with Crippen LogP contribution in [0.25, 0.3) is 0 Å². The van der Waals surface area contributed by atoms with Crippen LogP contribution in [0.3, 0.4) is 0 Å². The summed E-state index contributed by atoms with van der Waals surface area (Å²) >= 11 is 0. The number of nitrogens with zero attached hydrogens (tertiary/aromatic N) is 1. The van der Waals surface area contributed by atoms with E-state index in [9.17, 15) is 9.59 Å². The summed E-state index contributed by atoms with van der Waals surface area (Å²) in [4.78, 5) is 23.9. The number of aryl methyl sites for hydroxylation is 1. The molecule has 1 N–H and O–H groups in total. The van der Waals surface area contributed by atoms with Gasteiger partial charge in [0.1, 0.15) is 5.76 Å². The molecule has 0 saturated carbocycles. The molecule has 0 aliphatic heterocycles. The summed E-state index contributed by atoms with van der Waals surface area (Å²) in [6.45, 7) is 8.20. The molecule has 1 aliphatic carbocycles. The number of hydrogen-bond donors (Lipinski definition) is 1. The minimum Gasteiger partial charge on any atom is -0.360 e. The molecule has 1 aliphatic rings. The number of rotatable bonds is 3. The van der Waals surface area contributed by atoms with Crippen molar-refractivity contribution in [1.82, 2.24) is 5.16 Å². The smallest absolute Gasteiger partial charge is 0.278 e. The van der Waals surface area contributed by atoms with Crippen molar-refractivity contribution in [1.29, 1.82) is 0 Å². The van der Waals surface area contributed by atoms with Crippen molar-refractivity contribution >= 4 is 17.4 Å². The quantitative estimate of drug-likeness (QED) is 0.847. The number of hydrogen-bond acceptors (Lipinski definition) is 4. The Morgan fingerprint density at radius 3 is 2.48 bits per heavy atom. The van der Waals surface area contributed by atoms with Gasteiger partial charge in [-0.3, -0.25) is 9.59 Å². The second-order valence-electron chi connectivity index (χ2n) is 7.83. The van der Waals surface area contributed by atoms with Crippen LogP contribution in [0, 0.1) is 11.3 Å². The first-order chi connectivity index (χ1) is 11.8. The first-order valence-corrected chi connectivity index (χ1v) is 8.65. The number of benzene rings is 1. The van der Waals surface area contributed by atoms with Gasteiger partial charge in [0.05, 0.1) is 0 Å². The highest BCUT2D eigenvalue weighted by Crippen LogP contribution is 2.38. The Balaban J connectivity index is 1.78. The molecule has 3 rings (SSSR count). The van der Waals surface area contributed by atoms with Crippen molar-refractivity contribution in [2.75, 3.05) is 5.32 Å². The Kier molecular flexibility index (Phi) is 4.50. The molecule has 0 unspecified atom stereocenters. The molecule has 0 spiro atoms. The van der Waals surface area contributed by atoms with E-state index in [4.69, 9.17) is 4.52 Å². The molecule has 1 aromatic heterocycles. The zero-order valence-electron chi connectivity index (χ0n) is 15.2. The third-order valence-electron chi connectivity index (χ3n) is 5.03. The Morgan fingerprint density at radius 2 is 1.88 bits per heavy atom. The molecule has 5 heteroatoms. The second kappa shape index (κ2) is 6.47. The zero-order chi connectivity index (χ0) is 18.2. The number of carbonyl (C=O) groups is 2. The van der Waals surface area contributed by atoms with E-state index in [1.54, 1.807) is 24.3 Å². The highest BCUT2D eigenvalue weighted by molar-refractivity contribution is 6.04. The fraction of sp³-hybridized carbons (Fsp3) is 0.450. The summed E-state index contributed by atoms with van der Waals surface area (Å²) in [5.74, 6) is 1.06. The van der Waals surface area contributed by atoms with Crippen LogP contribution in [-0.2, 0) is 12.8 Å². The van der Waals surface area contributed by atoms with Crippen LogP contribution in [0.5, 0.6) is 0 Å².